The summed E-state index contributed by atoms with van der Waals surface area (Å²) >= 11 is 0. The van der Waals surface area contributed by atoms with Gasteiger partial charge < -0.3 is 25.2 Å². The molecule has 1 aliphatic heterocycles. The summed E-state index contributed by atoms with van der Waals surface area (Å²) in [5.41, 5.74) is 1.92. The van der Waals surface area contributed by atoms with Crippen LogP contribution in [0.4, 0.5) is 23.0 Å². The average Bonchev–Trinajstić information content (AvgIpc) is 3.37. The summed E-state index contributed by atoms with van der Waals surface area (Å²) < 4.78 is 40.2. The molecule has 12 nitrogen and oxygen atoms in total. The van der Waals surface area contributed by atoms with Gasteiger partial charge >= 0.3 is 0 Å². The molecule has 214 valence electrons. The molecule has 13 heteroatoms. The van der Waals surface area contributed by atoms with Crippen molar-refractivity contribution in [3.05, 3.63) is 66.7 Å². The Morgan fingerprint density at radius 1 is 0.951 bits per heavy atom. The van der Waals surface area contributed by atoms with Crippen molar-refractivity contribution in [1.82, 2.24) is 14.9 Å². The molecule has 0 bridgehead atoms. The third-order valence-electron chi connectivity index (χ3n) is 6.46. The minimum Gasteiger partial charge on any atom is -0.497 e. The number of sulfonamides is 1. The molecular weight excluding hydrogens is 548 g/mol. The highest BCUT2D eigenvalue weighted by molar-refractivity contribution is 7.92. The van der Waals surface area contributed by atoms with Gasteiger partial charge in [0.15, 0.2) is 11.6 Å². The Hall–Kier alpha value is -4.46. The predicted octanol–water partition coefficient (Wildman–Crippen LogP) is 3.20. The molecule has 3 aromatic carbocycles. The first-order valence-corrected chi connectivity index (χ1v) is 14.3. The average molecular weight is 579 g/mol. The van der Waals surface area contributed by atoms with E-state index in [4.69, 9.17) is 9.47 Å². The minimum absolute atomic E-state index is 0.0208. The normalized spacial score (nSPS) is 15.4. The van der Waals surface area contributed by atoms with Crippen molar-refractivity contribution < 1.29 is 27.8 Å². The summed E-state index contributed by atoms with van der Waals surface area (Å²) in [6.07, 6.45) is 0.179. The van der Waals surface area contributed by atoms with E-state index >= 15 is 0 Å². The van der Waals surface area contributed by atoms with Crippen LogP contribution < -0.4 is 24.8 Å². The number of fused-ring (bicyclic) bond motifs is 1. The summed E-state index contributed by atoms with van der Waals surface area (Å²) in [5, 5.41) is 15.5. The van der Waals surface area contributed by atoms with Crippen molar-refractivity contribution >= 4 is 50.0 Å². The number of anilines is 4. The van der Waals surface area contributed by atoms with E-state index in [1.807, 2.05) is 11.0 Å². The molecule has 1 amide bonds. The van der Waals surface area contributed by atoms with Crippen LogP contribution in [0.3, 0.4) is 0 Å². The van der Waals surface area contributed by atoms with Gasteiger partial charge in [-0.1, -0.05) is 18.2 Å². The van der Waals surface area contributed by atoms with E-state index in [0.29, 0.717) is 53.4 Å². The lowest BCUT2D eigenvalue weighted by atomic mass is 10.2. The quantitative estimate of drug-likeness (QED) is 0.220. The van der Waals surface area contributed by atoms with Gasteiger partial charge in [-0.2, -0.15) is 0 Å². The number of likely N-dealkylation sites (tertiary alicyclic amines) is 1. The van der Waals surface area contributed by atoms with E-state index in [1.165, 1.54) is 32.4 Å². The highest BCUT2D eigenvalue weighted by atomic mass is 32.2. The number of amides is 1. The third kappa shape index (κ3) is 6.82. The molecule has 0 saturated carbocycles. The number of rotatable bonds is 10. The fourth-order valence-electron chi connectivity index (χ4n) is 4.46. The topological polar surface area (TPSA) is 155 Å². The molecule has 1 atom stereocenters. The smallest absolute Gasteiger partial charge is 0.263 e. The fraction of sp³-hybridized carbons (Fsp3) is 0.250. The summed E-state index contributed by atoms with van der Waals surface area (Å²) in [7, 11) is -1.09. The fourth-order valence-corrected chi connectivity index (χ4v) is 5.52. The first-order chi connectivity index (χ1) is 19.7. The molecule has 1 aromatic heterocycles. The number of ether oxygens (including phenoxy) is 2. The maximum Gasteiger partial charge on any atom is 0.263 e. The van der Waals surface area contributed by atoms with Gasteiger partial charge in [-0.05, 0) is 36.8 Å². The number of hydrogen-bond acceptors (Lipinski definition) is 10. The minimum atomic E-state index is -4.15. The first-order valence-electron chi connectivity index (χ1n) is 12.8. The largest absolute Gasteiger partial charge is 0.497 e. The van der Waals surface area contributed by atoms with Crippen LogP contribution in [0.25, 0.3) is 11.0 Å². The highest BCUT2D eigenvalue weighted by Crippen LogP contribution is 2.31. The number of nitrogens with one attached hydrogen (secondary N) is 3. The highest BCUT2D eigenvalue weighted by Gasteiger charge is 2.23. The Morgan fingerprint density at radius 2 is 1.63 bits per heavy atom. The number of para-hydroxylation sites is 2. The van der Waals surface area contributed by atoms with Gasteiger partial charge in [0.25, 0.3) is 10.0 Å². The van der Waals surface area contributed by atoms with Crippen molar-refractivity contribution in [2.45, 2.75) is 17.4 Å². The summed E-state index contributed by atoms with van der Waals surface area (Å²) in [5.74, 6) is 0.902. The second-order valence-electron chi connectivity index (χ2n) is 9.49. The SMILES string of the molecule is COc1cc(Nc2nc3ccccc3nc2NS(=O)(=O)c2cccc(NC(=O)CN3CC[C@H](O)C3)c2)cc(OC)c1. The maximum absolute atomic E-state index is 13.5. The monoisotopic (exact) mass is 578 g/mol. The van der Waals surface area contributed by atoms with Gasteiger partial charge in [0.05, 0.1) is 42.8 Å². The van der Waals surface area contributed by atoms with Crippen LogP contribution in [0.2, 0.25) is 0 Å². The van der Waals surface area contributed by atoms with E-state index in [1.54, 1.807) is 42.5 Å². The molecule has 1 aliphatic rings. The number of carbonyl (C=O) groups is 1. The number of methoxy groups -OCH3 is 2. The molecule has 41 heavy (non-hydrogen) atoms. The lowest BCUT2D eigenvalue weighted by Crippen LogP contribution is -2.32. The molecule has 1 fully saturated rings. The zero-order chi connectivity index (χ0) is 29.0. The third-order valence-corrected chi connectivity index (χ3v) is 7.80. The Labute approximate surface area is 237 Å². The predicted molar refractivity (Wildman–Crippen MR) is 155 cm³/mol. The second kappa shape index (κ2) is 12.0. The van der Waals surface area contributed by atoms with Gasteiger partial charge in [-0.3, -0.25) is 14.4 Å². The Balaban J connectivity index is 1.41. The van der Waals surface area contributed by atoms with Crippen molar-refractivity contribution in [1.29, 1.82) is 0 Å². The zero-order valence-electron chi connectivity index (χ0n) is 22.5. The second-order valence-corrected chi connectivity index (χ2v) is 11.2. The Morgan fingerprint density at radius 3 is 2.27 bits per heavy atom. The summed E-state index contributed by atoms with van der Waals surface area (Å²) in [6.45, 7) is 1.15. The maximum atomic E-state index is 13.5. The number of aliphatic hydroxyl groups excluding tert-OH is 1. The molecule has 4 aromatic rings. The van der Waals surface area contributed by atoms with Gasteiger partial charge in [-0.15, -0.1) is 0 Å². The molecule has 5 rings (SSSR count). The van der Waals surface area contributed by atoms with Crippen LogP contribution in [0.1, 0.15) is 6.42 Å². The number of aromatic nitrogens is 2. The molecule has 4 N–H and O–H groups in total. The van der Waals surface area contributed by atoms with Gasteiger partial charge in [0.1, 0.15) is 11.5 Å². The molecule has 0 aliphatic carbocycles. The Kier molecular flexibility index (Phi) is 8.19. The van der Waals surface area contributed by atoms with Gasteiger partial charge in [0, 0.05) is 42.7 Å². The number of aliphatic hydroxyl groups is 1. The van der Waals surface area contributed by atoms with Crippen LogP contribution in [0.15, 0.2) is 71.6 Å². The number of β-amino-alcohol motifs (C(OH)–C–C–N with tert-alkyl or cyclic N) is 1. The van der Waals surface area contributed by atoms with Crippen LogP contribution in [0, 0.1) is 0 Å². The lowest BCUT2D eigenvalue weighted by Gasteiger charge is -2.16. The van der Waals surface area contributed by atoms with Crippen molar-refractivity contribution in [2.75, 3.05) is 49.2 Å². The van der Waals surface area contributed by atoms with Gasteiger partial charge in [0.2, 0.25) is 5.91 Å². The van der Waals surface area contributed by atoms with E-state index < -0.39 is 16.1 Å². The van der Waals surface area contributed by atoms with Crippen molar-refractivity contribution in [2.24, 2.45) is 0 Å². The van der Waals surface area contributed by atoms with E-state index in [-0.39, 0.29) is 29.0 Å². The molecule has 0 radical (unpaired) electrons. The number of carbonyl (C=O) groups excluding carboxylic acids is 1. The molecule has 0 spiro atoms. The van der Waals surface area contributed by atoms with Crippen molar-refractivity contribution in [3.8, 4) is 11.5 Å². The van der Waals surface area contributed by atoms with Crippen LogP contribution in [0.5, 0.6) is 11.5 Å². The number of nitrogens with zero attached hydrogens (tertiary/aromatic N) is 3. The molecule has 1 saturated heterocycles. The zero-order valence-corrected chi connectivity index (χ0v) is 23.3. The summed E-state index contributed by atoms with van der Waals surface area (Å²) in [6, 6.07) is 18.2. The van der Waals surface area contributed by atoms with Crippen molar-refractivity contribution in [3.63, 3.8) is 0 Å². The van der Waals surface area contributed by atoms with E-state index in [0.717, 1.165) is 0 Å². The van der Waals surface area contributed by atoms with E-state index in [2.05, 4.69) is 25.3 Å². The van der Waals surface area contributed by atoms with Crippen LogP contribution in [-0.2, 0) is 14.8 Å². The lowest BCUT2D eigenvalue weighted by molar-refractivity contribution is -0.117. The van der Waals surface area contributed by atoms with Gasteiger partial charge in [-0.25, -0.2) is 18.4 Å². The first kappa shape index (κ1) is 28.1. The van der Waals surface area contributed by atoms with Crippen LogP contribution in [-0.4, -0.2) is 74.3 Å². The molecule has 2 heterocycles. The Bertz CT molecular complexity index is 1660. The number of hydrogen-bond donors (Lipinski definition) is 4. The molecular formula is C28H30N6O6S. The molecule has 0 unspecified atom stereocenters. The number of benzene rings is 3. The van der Waals surface area contributed by atoms with Crippen LogP contribution >= 0.6 is 0 Å². The van der Waals surface area contributed by atoms with E-state index in [9.17, 15) is 18.3 Å². The summed E-state index contributed by atoms with van der Waals surface area (Å²) in [4.78, 5) is 23.4. The standard InChI is InChI=1S/C28H30N6O6S/c1-39-21-12-19(13-22(15-21)40-2)30-27-28(32-25-9-4-3-8-24(25)31-27)33-41(37,38)23-7-5-6-18(14-23)29-26(36)17-34-11-10-20(35)16-34/h3-9,12-15,20,35H,10-11,16-17H2,1-2H3,(H,29,36)(H,30,31)(H,32,33)/t20-/m0/s1.